The van der Waals surface area contributed by atoms with Crippen LogP contribution in [0, 0.1) is 0 Å². The van der Waals surface area contributed by atoms with Gasteiger partial charge in [-0.3, -0.25) is 9.59 Å². The molecule has 9 heteroatoms. The van der Waals surface area contributed by atoms with Gasteiger partial charge in [-0.25, -0.2) is 9.97 Å². The Hall–Kier alpha value is -3.13. The molecule has 2 amide bonds. The van der Waals surface area contributed by atoms with Crippen molar-refractivity contribution in [1.82, 2.24) is 25.6 Å². The first-order valence-electron chi connectivity index (χ1n) is 9.46. The number of H-pyrrole nitrogens is 1. The molecule has 3 heterocycles. The number of carbonyl (C=O) groups excluding carboxylic acids is 2. The van der Waals surface area contributed by atoms with E-state index in [2.05, 4.69) is 30.5 Å². The molecule has 3 aromatic rings. The van der Waals surface area contributed by atoms with Crippen molar-refractivity contribution in [2.24, 2.45) is 0 Å². The van der Waals surface area contributed by atoms with Gasteiger partial charge in [-0.15, -0.1) is 0 Å². The van der Waals surface area contributed by atoms with Crippen LogP contribution in [0.4, 0.5) is 5.82 Å². The van der Waals surface area contributed by atoms with Crippen molar-refractivity contribution in [3.63, 3.8) is 0 Å². The fourth-order valence-corrected chi connectivity index (χ4v) is 3.67. The van der Waals surface area contributed by atoms with E-state index >= 15 is 0 Å². The highest BCUT2D eigenvalue weighted by molar-refractivity contribution is 6.30. The Balaban J connectivity index is 1.32. The zero-order valence-electron chi connectivity index (χ0n) is 15.7. The number of aromatic nitrogens is 3. The van der Waals surface area contributed by atoms with Gasteiger partial charge in [0, 0.05) is 35.9 Å². The number of hydrogen-bond acceptors (Lipinski definition) is 5. The molecular formula is C20H21ClN6O2. The van der Waals surface area contributed by atoms with Crippen molar-refractivity contribution in [2.45, 2.75) is 18.9 Å². The average Bonchev–Trinajstić information content (AvgIpc) is 3.22. The number of halogens is 1. The summed E-state index contributed by atoms with van der Waals surface area (Å²) in [6, 6.07) is 8.48. The van der Waals surface area contributed by atoms with Crippen LogP contribution < -0.4 is 15.5 Å². The lowest BCUT2D eigenvalue weighted by Gasteiger charge is -2.34. The topological polar surface area (TPSA) is 103 Å². The van der Waals surface area contributed by atoms with E-state index in [9.17, 15) is 9.59 Å². The Morgan fingerprint density at radius 1 is 1.21 bits per heavy atom. The van der Waals surface area contributed by atoms with Crippen molar-refractivity contribution in [1.29, 1.82) is 0 Å². The van der Waals surface area contributed by atoms with Gasteiger partial charge in [0.05, 0.1) is 11.9 Å². The minimum Gasteiger partial charge on any atom is -0.354 e. The average molecular weight is 413 g/mol. The quantitative estimate of drug-likeness (QED) is 0.595. The summed E-state index contributed by atoms with van der Waals surface area (Å²) in [6.07, 6.45) is 5.21. The van der Waals surface area contributed by atoms with E-state index in [4.69, 9.17) is 11.6 Å². The molecule has 8 nitrogen and oxygen atoms in total. The molecule has 150 valence electrons. The molecule has 2 aromatic heterocycles. The van der Waals surface area contributed by atoms with Crippen LogP contribution >= 0.6 is 11.6 Å². The molecule has 0 radical (unpaired) electrons. The molecule has 1 atom stereocenters. The molecule has 4 rings (SSSR count). The van der Waals surface area contributed by atoms with Crippen LogP contribution in [-0.4, -0.2) is 52.4 Å². The number of piperidine rings is 1. The molecule has 0 spiro atoms. The maximum Gasteiger partial charge on any atom is 0.251 e. The van der Waals surface area contributed by atoms with E-state index in [1.165, 1.54) is 0 Å². The van der Waals surface area contributed by atoms with Crippen molar-refractivity contribution < 1.29 is 9.59 Å². The molecule has 1 unspecified atom stereocenters. The summed E-state index contributed by atoms with van der Waals surface area (Å²) < 4.78 is 0. The standard InChI is InChI=1S/C20H21ClN6O2/c21-14-5-3-13(4-6-14)20(29)23-10-17(28)26-15-2-1-9-27(11-15)19-16-7-8-22-18(16)24-12-25-19/h3-8,12,15H,1-2,9-11H2,(H,23,29)(H,26,28)(H,22,24,25). The number of carbonyl (C=O) groups is 2. The van der Waals surface area contributed by atoms with Gasteiger partial charge < -0.3 is 20.5 Å². The third-order valence-corrected chi connectivity index (χ3v) is 5.19. The number of anilines is 1. The van der Waals surface area contributed by atoms with Crippen LogP contribution in [0.1, 0.15) is 23.2 Å². The van der Waals surface area contributed by atoms with Gasteiger partial charge in [-0.2, -0.15) is 0 Å². The molecule has 29 heavy (non-hydrogen) atoms. The van der Waals surface area contributed by atoms with E-state index in [-0.39, 0.29) is 24.4 Å². The van der Waals surface area contributed by atoms with E-state index in [0.717, 1.165) is 36.2 Å². The minimum absolute atomic E-state index is 0.00681. The lowest BCUT2D eigenvalue weighted by molar-refractivity contribution is -0.120. The van der Waals surface area contributed by atoms with Gasteiger partial charge in [-0.1, -0.05) is 11.6 Å². The molecule has 1 fully saturated rings. The van der Waals surface area contributed by atoms with Gasteiger partial charge in [0.2, 0.25) is 5.91 Å². The largest absolute Gasteiger partial charge is 0.354 e. The van der Waals surface area contributed by atoms with Crippen LogP contribution in [-0.2, 0) is 4.79 Å². The zero-order chi connectivity index (χ0) is 20.2. The number of nitrogens with zero attached hydrogens (tertiary/aromatic N) is 3. The van der Waals surface area contributed by atoms with Crippen LogP contribution in [0.3, 0.4) is 0 Å². The summed E-state index contributed by atoms with van der Waals surface area (Å²) in [5.41, 5.74) is 1.26. The monoisotopic (exact) mass is 412 g/mol. The SMILES string of the molecule is O=C(CNC(=O)c1ccc(Cl)cc1)NC1CCCN(c2ncnc3[nH]ccc23)C1. The molecular weight excluding hydrogens is 392 g/mol. The minimum atomic E-state index is -0.307. The predicted molar refractivity (Wildman–Crippen MR) is 111 cm³/mol. The summed E-state index contributed by atoms with van der Waals surface area (Å²) in [5, 5.41) is 7.17. The van der Waals surface area contributed by atoms with Crippen molar-refractivity contribution in [2.75, 3.05) is 24.5 Å². The van der Waals surface area contributed by atoms with E-state index in [1.807, 2.05) is 12.3 Å². The summed E-state index contributed by atoms with van der Waals surface area (Å²) >= 11 is 5.82. The van der Waals surface area contributed by atoms with E-state index in [1.54, 1.807) is 30.6 Å². The summed E-state index contributed by atoms with van der Waals surface area (Å²) in [7, 11) is 0. The van der Waals surface area contributed by atoms with Gasteiger partial charge in [0.1, 0.15) is 17.8 Å². The van der Waals surface area contributed by atoms with Crippen LogP contribution in [0.2, 0.25) is 5.02 Å². The Morgan fingerprint density at radius 2 is 2.03 bits per heavy atom. The molecule has 1 aliphatic rings. The Morgan fingerprint density at radius 3 is 2.86 bits per heavy atom. The second-order valence-electron chi connectivity index (χ2n) is 6.98. The molecule has 1 aliphatic heterocycles. The number of amides is 2. The zero-order valence-corrected chi connectivity index (χ0v) is 16.4. The smallest absolute Gasteiger partial charge is 0.251 e. The van der Waals surface area contributed by atoms with Gasteiger partial charge in [0.15, 0.2) is 0 Å². The summed E-state index contributed by atoms with van der Waals surface area (Å²) in [6.45, 7) is 1.46. The number of rotatable bonds is 5. The predicted octanol–water partition coefficient (Wildman–Crippen LogP) is 2.13. The van der Waals surface area contributed by atoms with Gasteiger partial charge in [0.25, 0.3) is 5.91 Å². The molecule has 0 saturated carbocycles. The number of benzene rings is 1. The maximum absolute atomic E-state index is 12.3. The first kappa shape index (κ1) is 19.2. The third-order valence-electron chi connectivity index (χ3n) is 4.93. The van der Waals surface area contributed by atoms with E-state index in [0.29, 0.717) is 17.1 Å². The Bertz CT molecular complexity index is 1020. The lowest BCUT2D eigenvalue weighted by Crippen LogP contribution is -2.50. The number of hydrogen-bond donors (Lipinski definition) is 3. The summed E-state index contributed by atoms with van der Waals surface area (Å²) in [4.78, 5) is 38.4. The van der Waals surface area contributed by atoms with Crippen LogP contribution in [0.15, 0.2) is 42.9 Å². The lowest BCUT2D eigenvalue weighted by atomic mass is 10.1. The summed E-state index contributed by atoms with van der Waals surface area (Å²) in [5.74, 6) is 0.345. The van der Waals surface area contributed by atoms with Crippen LogP contribution in [0.25, 0.3) is 11.0 Å². The first-order valence-corrected chi connectivity index (χ1v) is 9.84. The third kappa shape index (κ3) is 4.48. The number of nitrogens with one attached hydrogen (secondary N) is 3. The van der Waals surface area contributed by atoms with Crippen molar-refractivity contribution in [3.05, 3.63) is 53.4 Å². The number of aromatic amines is 1. The number of fused-ring (bicyclic) bond motifs is 1. The van der Waals surface area contributed by atoms with Crippen molar-refractivity contribution >= 4 is 40.3 Å². The second kappa shape index (κ2) is 8.48. The second-order valence-corrected chi connectivity index (χ2v) is 7.42. The highest BCUT2D eigenvalue weighted by Crippen LogP contribution is 2.24. The fourth-order valence-electron chi connectivity index (χ4n) is 3.54. The Kier molecular flexibility index (Phi) is 5.62. The van der Waals surface area contributed by atoms with Gasteiger partial charge >= 0.3 is 0 Å². The van der Waals surface area contributed by atoms with Crippen LogP contribution in [0.5, 0.6) is 0 Å². The molecule has 0 bridgehead atoms. The Labute approximate surface area is 172 Å². The highest BCUT2D eigenvalue weighted by Gasteiger charge is 2.24. The molecule has 3 N–H and O–H groups in total. The molecule has 1 saturated heterocycles. The normalized spacial score (nSPS) is 16.6. The van der Waals surface area contributed by atoms with Gasteiger partial charge in [-0.05, 0) is 43.2 Å². The fraction of sp³-hybridized carbons (Fsp3) is 0.300. The molecule has 0 aliphatic carbocycles. The maximum atomic E-state index is 12.3. The first-order chi connectivity index (χ1) is 14.1. The van der Waals surface area contributed by atoms with Crippen molar-refractivity contribution in [3.8, 4) is 0 Å². The highest BCUT2D eigenvalue weighted by atomic mass is 35.5. The van der Waals surface area contributed by atoms with E-state index < -0.39 is 0 Å². The molecule has 1 aromatic carbocycles.